The Hall–Kier alpha value is -1.39. The summed E-state index contributed by atoms with van der Waals surface area (Å²) in [6, 6.07) is 9.25. The van der Waals surface area contributed by atoms with E-state index in [9.17, 15) is 9.90 Å². The Morgan fingerprint density at radius 1 is 1.40 bits per heavy atom. The number of ether oxygens (including phenoxy) is 1. The number of hydrogen-bond donors (Lipinski definition) is 2. The predicted molar refractivity (Wildman–Crippen MR) is 79.8 cm³/mol. The van der Waals surface area contributed by atoms with Crippen molar-refractivity contribution in [2.75, 3.05) is 13.7 Å². The van der Waals surface area contributed by atoms with Gasteiger partial charge in [-0.25, -0.2) is 4.79 Å². The van der Waals surface area contributed by atoms with Gasteiger partial charge in [0.25, 0.3) is 0 Å². The molecular formula is C16H25NO3. The molecule has 4 nitrogen and oxygen atoms in total. The fourth-order valence-corrected chi connectivity index (χ4v) is 2.38. The van der Waals surface area contributed by atoms with Gasteiger partial charge in [0.05, 0.1) is 6.10 Å². The van der Waals surface area contributed by atoms with Gasteiger partial charge in [-0.3, -0.25) is 0 Å². The second kappa shape index (κ2) is 8.02. The van der Waals surface area contributed by atoms with Crippen molar-refractivity contribution in [3.05, 3.63) is 35.9 Å². The number of likely N-dealkylation sites (N-methyl/N-ethyl adjacent to an activating group) is 1. The maximum atomic E-state index is 11.7. The molecule has 2 atom stereocenters. The van der Waals surface area contributed by atoms with Crippen molar-refractivity contribution < 1.29 is 14.6 Å². The zero-order valence-electron chi connectivity index (χ0n) is 12.6. The van der Waals surface area contributed by atoms with Gasteiger partial charge in [0.2, 0.25) is 0 Å². The van der Waals surface area contributed by atoms with E-state index in [1.54, 1.807) is 7.05 Å². The van der Waals surface area contributed by atoms with Gasteiger partial charge in [0.1, 0.15) is 5.54 Å². The van der Waals surface area contributed by atoms with E-state index in [-0.39, 0.29) is 6.10 Å². The van der Waals surface area contributed by atoms with Crippen molar-refractivity contribution in [1.29, 1.82) is 0 Å². The first-order valence-corrected chi connectivity index (χ1v) is 7.16. The Balaban J connectivity index is 2.78. The Labute approximate surface area is 121 Å². The third-order valence-electron chi connectivity index (χ3n) is 3.63. The summed E-state index contributed by atoms with van der Waals surface area (Å²) < 4.78 is 5.71. The molecule has 20 heavy (non-hydrogen) atoms. The number of rotatable bonds is 9. The smallest absolute Gasteiger partial charge is 0.328 e. The minimum Gasteiger partial charge on any atom is -0.480 e. The molecule has 1 rings (SSSR count). The Morgan fingerprint density at radius 2 is 2.05 bits per heavy atom. The van der Waals surface area contributed by atoms with Crippen molar-refractivity contribution in [3.63, 3.8) is 0 Å². The zero-order chi connectivity index (χ0) is 15.0. The molecule has 0 bridgehead atoms. The monoisotopic (exact) mass is 279 g/mol. The average molecular weight is 279 g/mol. The molecule has 0 fully saturated rings. The van der Waals surface area contributed by atoms with Crippen LogP contribution < -0.4 is 5.32 Å². The average Bonchev–Trinajstić information content (AvgIpc) is 2.45. The van der Waals surface area contributed by atoms with Crippen molar-refractivity contribution >= 4 is 5.97 Å². The molecule has 0 aliphatic heterocycles. The van der Waals surface area contributed by atoms with Crippen LogP contribution in [0.25, 0.3) is 0 Å². The third-order valence-corrected chi connectivity index (χ3v) is 3.63. The van der Waals surface area contributed by atoms with Crippen LogP contribution in [0.1, 0.15) is 38.7 Å². The largest absolute Gasteiger partial charge is 0.480 e. The quantitative estimate of drug-likeness (QED) is 0.730. The van der Waals surface area contributed by atoms with E-state index in [4.69, 9.17) is 4.74 Å². The molecule has 1 aromatic carbocycles. The molecule has 0 radical (unpaired) electrons. The Bertz CT molecular complexity index is 407. The summed E-state index contributed by atoms with van der Waals surface area (Å²) in [4.78, 5) is 11.7. The van der Waals surface area contributed by atoms with E-state index in [1.807, 2.05) is 37.3 Å². The van der Waals surface area contributed by atoms with Gasteiger partial charge < -0.3 is 15.2 Å². The minimum absolute atomic E-state index is 0.166. The molecule has 2 unspecified atom stereocenters. The lowest BCUT2D eigenvalue weighted by molar-refractivity contribution is -0.146. The molecule has 0 saturated carbocycles. The molecule has 0 amide bonds. The van der Waals surface area contributed by atoms with E-state index in [1.165, 1.54) is 0 Å². The van der Waals surface area contributed by atoms with Gasteiger partial charge in [-0.2, -0.15) is 0 Å². The van der Waals surface area contributed by atoms with Crippen LogP contribution in [-0.4, -0.2) is 30.8 Å². The molecule has 4 heteroatoms. The molecule has 0 aliphatic rings. The molecule has 1 aromatic rings. The maximum absolute atomic E-state index is 11.7. The highest BCUT2D eigenvalue weighted by Crippen LogP contribution is 2.25. The number of nitrogens with one attached hydrogen (secondary N) is 1. The minimum atomic E-state index is -1.09. The van der Waals surface area contributed by atoms with Gasteiger partial charge in [-0.1, -0.05) is 43.7 Å². The van der Waals surface area contributed by atoms with Crippen molar-refractivity contribution in [3.8, 4) is 0 Å². The fraction of sp³-hybridized carbons (Fsp3) is 0.562. The van der Waals surface area contributed by atoms with E-state index >= 15 is 0 Å². The van der Waals surface area contributed by atoms with Gasteiger partial charge in [-0.05, 0) is 26.0 Å². The van der Waals surface area contributed by atoms with Crippen molar-refractivity contribution in [1.82, 2.24) is 5.32 Å². The maximum Gasteiger partial charge on any atom is 0.328 e. The van der Waals surface area contributed by atoms with E-state index in [2.05, 4.69) is 12.2 Å². The van der Waals surface area contributed by atoms with Crippen LogP contribution in [0, 0.1) is 0 Å². The van der Waals surface area contributed by atoms with Gasteiger partial charge in [0, 0.05) is 13.0 Å². The predicted octanol–water partition coefficient (Wildman–Crippen LogP) is 2.78. The fourth-order valence-electron chi connectivity index (χ4n) is 2.38. The van der Waals surface area contributed by atoms with E-state index in [0.717, 1.165) is 18.4 Å². The summed E-state index contributed by atoms with van der Waals surface area (Å²) >= 11 is 0. The Kier molecular flexibility index (Phi) is 6.68. The number of carboxylic acids is 1. The molecule has 2 N–H and O–H groups in total. The lowest BCUT2D eigenvalue weighted by atomic mass is 9.87. The number of carbonyl (C=O) groups is 1. The summed E-state index contributed by atoms with van der Waals surface area (Å²) in [6.45, 7) is 4.55. The molecule has 112 valence electrons. The van der Waals surface area contributed by atoms with Crippen LogP contribution in [0.5, 0.6) is 0 Å². The molecule has 0 aromatic heterocycles. The van der Waals surface area contributed by atoms with Crippen molar-refractivity contribution in [2.45, 2.75) is 44.8 Å². The molecular weight excluding hydrogens is 254 g/mol. The second-order valence-corrected chi connectivity index (χ2v) is 5.05. The first-order chi connectivity index (χ1) is 9.56. The molecule has 0 saturated heterocycles. The molecule has 0 aliphatic carbocycles. The summed E-state index contributed by atoms with van der Waals surface area (Å²) in [5.74, 6) is -0.877. The highest BCUT2D eigenvalue weighted by Gasteiger charge is 2.38. The lowest BCUT2D eigenvalue weighted by Crippen LogP contribution is -2.48. The number of hydrogen-bond acceptors (Lipinski definition) is 3. The standard InChI is InChI=1S/C16H25NO3/c1-4-8-13(2)20-12-11-16(17-3,15(18)19)14-9-6-5-7-10-14/h5-7,9-10,13,17H,4,8,11-12H2,1-3H3,(H,18,19). The number of benzene rings is 1. The highest BCUT2D eigenvalue weighted by atomic mass is 16.5. The first-order valence-electron chi connectivity index (χ1n) is 7.16. The Morgan fingerprint density at radius 3 is 2.55 bits per heavy atom. The summed E-state index contributed by atoms with van der Waals surface area (Å²) in [7, 11) is 1.68. The summed E-state index contributed by atoms with van der Waals surface area (Å²) in [6.07, 6.45) is 2.62. The SMILES string of the molecule is CCCC(C)OCCC(NC)(C(=O)O)c1ccccc1. The van der Waals surface area contributed by atoms with Crippen LogP contribution in [-0.2, 0) is 15.1 Å². The van der Waals surface area contributed by atoms with Gasteiger partial charge in [0.15, 0.2) is 0 Å². The number of carboxylic acid groups (broad SMARTS) is 1. The lowest BCUT2D eigenvalue weighted by Gasteiger charge is -2.30. The summed E-state index contributed by atoms with van der Waals surface area (Å²) in [5.41, 5.74) is -0.338. The first kappa shape index (κ1) is 16.7. The summed E-state index contributed by atoms with van der Waals surface area (Å²) in [5, 5.41) is 12.6. The number of aliphatic carboxylic acids is 1. The third kappa shape index (κ3) is 4.05. The van der Waals surface area contributed by atoms with Gasteiger partial charge in [-0.15, -0.1) is 0 Å². The molecule has 0 spiro atoms. The second-order valence-electron chi connectivity index (χ2n) is 5.05. The highest BCUT2D eigenvalue weighted by molar-refractivity contribution is 5.80. The molecule has 0 heterocycles. The van der Waals surface area contributed by atoms with Crippen LogP contribution >= 0.6 is 0 Å². The van der Waals surface area contributed by atoms with Crippen LogP contribution in [0.2, 0.25) is 0 Å². The van der Waals surface area contributed by atoms with Crippen LogP contribution in [0.15, 0.2) is 30.3 Å². The van der Waals surface area contributed by atoms with Crippen molar-refractivity contribution in [2.24, 2.45) is 0 Å². The van der Waals surface area contributed by atoms with E-state index < -0.39 is 11.5 Å². The van der Waals surface area contributed by atoms with Crippen LogP contribution in [0.4, 0.5) is 0 Å². The zero-order valence-corrected chi connectivity index (χ0v) is 12.6. The van der Waals surface area contributed by atoms with Crippen LogP contribution in [0.3, 0.4) is 0 Å². The van der Waals surface area contributed by atoms with Gasteiger partial charge >= 0.3 is 5.97 Å². The van der Waals surface area contributed by atoms with E-state index in [0.29, 0.717) is 13.0 Å². The topological polar surface area (TPSA) is 58.6 Å². The normalized spacial score (nSPS) is 15.6.